The van der Waals surface area contributed by atoms with Gasteiger partial charge in [-0.2, -0.15) is 0 Å². The third-order valence-corrected chi connectivity index (χ3v) is 3.29. The van der Waals surface area contributed by atoms with Crippen molar-refractivity contribution in [2.24, 2.45) is 5.41 Å². The molecule has 0 radical (unpaired) electrons. The third kappa shape index (κ3) is 1.83. The van der Waals surface area contributed by atoms with Gasteiger partial charge in [0.15, 0.2) is 0 Å². The molecule has 1 N–H and O–H groups in total. The Bertz CT molecular complexity index is 390. The first-order valence-electron chi connectivity index (χ1n) is 6.03. The van der Waals surface area contributed by atoms with E-state index < -0.39 is 0 Å². The summed E-state index contributed by atoms with van der Waals surface area (Å²) in [5, 5.41) is 3.40. The molecular formula is C13H23N3. The molecule has 1 aliphatic rings. The van der Waals surface area contributed by atoms with E-state index in [1.165, 1.54) is 5.69 Å². The van der Waals surface area contributed by atoms with Crippen LogP contribution in [0.5, 0.6) is 0 Å². The zero-order valence-electron chi connectivity index (χ0n) is 11.3. The molecule has 0 fully saturated rings. The molecule has 1 atom stereocenters. The summed E-state index contributed by atoms with van der Waals surface area (Å²) in [6, 6.07) is 0.506. The Morgan fingerprint density at radius 1 is 1.25 bits per heavy atom. The number of imidazole rings is 1. The molecule has 1 aromatic rings. The molecule has 2 rings (SSSR count). The van der Waals surface area contributed by atoms with Crippen molar-refractivity contribution in [1.82, 2.24) is 9.55 Å². The Kier molecular flexibility index (Phi) is 2.34. The molecule has 0 bridgehead atoms. The van der Waals surface area contributed by atoms with E-state index in [1.54, 1.807) is 0 Å². The zero-order valence-corrected chi connectivity index (χ0v) is 11.3. The van der Waals surface area contributed by atoms with Crippen molar-refractivity contribution in [2.75, 3.05) is 11.9 Å². The van der Waals surface area contributed by atoms with Crippen molar-refractivity contribution < 1.29 is 0 Å². The molecule has 0 saturated heterocycles. The molecule has 1 aliphatic heterocycles. The van der Waals surface area contributed by atoms with Gasteiger partial charge in [0.05, 0.1) is 11.7 Å². The maximum Gasteiger partial charge on any atom is 0.203 e. The molecular weight excluding hydrogens is 198 g/mol. The molecule has 2 heterocycles. The first-order valence-corrected chi connectivity index (χ1v) is 6.03. The average molecular weight is 221 g/mol. The highest BCUT2D eigenvalue weighted by atomic mass is 15.3. The first kappa shape index (κ1) is 11.5. The van der Waals surface area contributed by atoms with E-state index in [-0.39, 0.29) is 10.8 Å². The molecule has 0 aromatic carbocycles. The highest BCUT2D eigenvalue weighted by Crippen LogP contribution is 2.38. The second kappa shape index (κ2) is 3.25. The standard InChI is InChI=1S/C13H23N3/c1-12(2,3)9-8-16-10(13(4,5)6)7-14-11(16)15-9/h8,10H,7H2,1-6H3,(H,14,15). The lowest BCUT2D eigenvalue weighted by Crippen LogP contribution is -2.24. The van der Waals surface area contributed by atoms with Gasteiger partial charge in [-0.1, -0.05) is 41.5 Å². The number of fused-ring (bicyclic) bond motifs is 1. The van der Waals surface area contributed by atoms with Gasteiger partial charge in [0.2, 0.25) is 5.95 Å². The quantitative estimate of drug-likeness (QED) is 0.729. The van der Waals surface area contributed by atoms with E-state index in [2.05, 4.69) is 62.6 Å². The number of rotatable bonds is 0. The fraction of sp³-hybridized carbons (Fsp3) is 0.769. The van der Waals surface area contributed by atoms with E-state index in [4.69, 9.17) is 0 Å². The molecule has 1 unspecified atom stereocenters. The summed E-state index contributed by atoms with van der Waals surface area (Å²) >= 11 is 0. The number of nitrogens with zero attached hydrogens (tertiary/aromatic N) is 2. The molecule has 3 nitrogen and oxygen atoms in total. The smallest absolute Gasteiger partial charge is 0.203 e. The zero-order chi connectivity index (χ0) is 12.1. The molecule has 16 heavy (non-hydrogen) atoms. The van der Waals surface area contributed by atoms with Crippen molar-refractivity contribution in [3.63, 3.8) is 0 Å². The van der Waals surface area contributed by atoms with Crippen LogP contribution >= 0.6 is 0 Å². The van der Waals surface area contributed by atoms with Crippen LogP contribution in [0.3, 0.4) is 0 Å². The minimum atomic E-state index is 0.126. The normalized spacial score (nSPS) is 20.8. The number of hydrogen-bond donors (Lipinski definition) is 1. The Hall–Kier alpha value is -0.990. The van der Waals surface area contributed by atoms with E-state index in [1.807, 2.05) is 0 Å². The molecule has 0 saturated carbocycles. The topological polar surface area (TPSA) is 29.9 Å². The molecule has 0 amide bonds. The maximum atomic E-state index is 4.68. The molecule has 0 aliphatic carbocycles. The number of aromatic nitrogens is 2. The molecule has 90 valence electrons. The minimum absolute atomic E-state index is 0.126. The maximum absolute atomic E-state index is 4.68. The summed E-state index contributed by atoms with van der Waals surface area (Å²) in [6.07, 6.45) is 2.21. The minimum Gasteiger partial charge on any atom is -0.354 e. The van der Waals surface area contributed by atoms with Crippen LogP contribution in [0.15, 0.2) is 6.20 Å². The second-order valence-corrected chi connectivity index (χ2v) is 6.87. The van der Waals surface area contributed by atoms with Crippen LogP contribution in [0, 0.1) is 5.41 Å². The van der Waals surface area contributed by atoms with Crippen LogP contribution in [0.2, 0.25) is 0 Å². The molecule has 0 spiro atoms. The van der Waals surface area contributed by atoms with E-state index >= 15 is 0 Å². The van der Waals surface area contributed by atoms with Gasteiger partial charge in [-0.25, -0.2) is 4.98 Å². The van der Waals surface area contributed by atoms with E-state index in [9.17, 15) is 0 Å². The van der Waals surface area contributed by atoms with Gasteiger partial charge >= 0.3 is 0 Å². The second-order valence-electron chi connectivity index (χ2n) is 6.87. The fourth-order valence-corrected chi connectivity index (χ4v) is 2.13. The lowest BCUT2D eigenvalue weighted by atomic mass is 9.87. The van der Waals surface area contributed by atoms with Gasteiger partial charge in [-0.05, 0) is 5.41 Å². The van der Waals surface area contributed by atoms with Crippen LogP contribution in [0.4, 0.5) is 5.95 Å². The predicted octanol–water partition coefficient (Wildman–Crippen LogP) is 3.19. The Balaban J connectivity index is 2.38. The van der Waals surface area contributed by atoms with Crippen LogP contribution in [-0.2, 0) is 5.41 Å². The fourth-order valence-electron chi connectivity index (χ4n) is 2.13. The Morgan fingerprint density at radius 3 is 2.38 bits per heavy atom. The van der Waals surface area contributed by atoms with Gasteiger partial charge in [0.25, 0.3) is 0 Å². The molecule has 1 aromatic heterocycles. The lowest BCUT2D eigenvalue weighted by Gasteiger charge is -2.27. The van der Waals surface area contributed by atoms with Gasteiger partial charge in [-0.3, -0.25) is 0 Å². The average Bonchev–Trinajstić information content (AvgIpc) is 2.53. The van der Waals surface area contributed by atoms with Crippen LogP contribution < -0.4 is 5.32 Å². The van der Waals surface area contributed by atoms with Gasteiger partial charge in [0, 0.05) is 18.2 Å². The summed E-state index contributed by atoms with van der Waals surface area (Å²) in [5.74, 6) is 1.03. The summed E-state index contributed by atoms with van der Waals surface area (Å²) in [6.45, 7) is 14.5. The largest absolute Gasteiger partial charge is 0.354 e. The summed E-state index contributed by atoms with van der Waals surface area (Å²) < 4.78 is 2.31. The number of hydrogen-bond acceptors (Lipinski definition) is 2. The Morgan fingerprint density at radius 2 is 1.88 bits per heavy atom. The lowest BCUT2D eigenvalue weighted by molar-refractivity contribution is 0.270. The van der Waals surface area contributed by atoms with Crippen LogP contribution in [-0.4, -0.2) is 16.1 Å². The monoisotopic (exact) mass is 221 g/mol. The van der Waals surface area contributed by atoms with Crippen molar-refractivity contribution in [2.45, 2.75) is 53.0 Å². The van der Waals surface area contributed by atoms with Crippen molar-refractivity contribution >= 4 is 5.95 Å². The van der Waals surface area contributed by atoms with Gasteiger partial charge < -0.3 is 9.88 Å². The van der Waals surface area contributed by atoms with E-state index in [0.717, 1.165) is 12.5 Å². The highest BCUT2D eigenvalue weighted by molar-refractivity contribution is 5.37. The first-order chi connectivity index (χ1) is 7.19. The van der Waals surface area contributed by atoms with Crippen LogP contribution in [0.25, 0.3) is 0 Å². The predicted molar refractivity (Wildman–Crippen MR) is 67.9 cm³/mol. The van der Waals surface area contributed by atoms with Crippen molar-refractivity contribution in [3.05, 3.63) is 11.9 Å². The highest BCUT2D eigenvalue weighted by Gasteiger charge is 2.34. The third-order valence-electron chi connectivity index (χ3n) is 3.29. The molecule has 3 heteroatoms. The van der Waals surface area contributed by atoms with Crippen LogP contribution in [0.1, 0.15) is 53.3 Å². The summed E-state index contributed by atoms with van der Waals surface area (Å²) in [7, 11) is 0. The number of nitrogens with one attached hydrogen (secondary N) is 1. The Labute approximate surface area is 98.3 Å². The van der Waals surface area contributed by atoms with Crippen molar-refractivity contribution in [1.29, 1.82) is 0 Å². The van der Waals surface area contributed by atoms with Gasteiger partial charge in [0.1, 0.15) is 0 Å². The van der Waals surface area contributed by atoms with Crippen molar-refractivity contribution in [3.8, 4) is 0 Å². The number of anilines is 1. The van der Waals surface area contributed by atoms with Gasteiger partial charge in [-0.15, -0.1) is 0 Å². The van der Waals surface area contributed by atoms with E-state index in [0.29, 0.717) is 6.04 Å². The summed E-state index contributed by atoms with van der Waals surface area (Å²) in [4.78, 5) is 4.68. The SMILES string of the molecule is CC(C)(C)c1cn2c(n1)NCC2C(C)(C)C. The summed E-state index contributed by atoms with van der Waals surface area (Å²) in [5.41, 5.74) is 1.57.